The molecule has 1 unspecified atom stereocenters. The van der Waals surface area contributed by atoms with Crippen LogP contribution < -0.4 is 15.4 Å². The van der Waals surface area contributed by atoms with Crippen molar-refractivity contribution >= 4 is 57.4 Å². The van der Waals surface area contributed by atoms with Crippen LogP contribution in [0.1, 0.15) is 6.42 Å². The van der Waals surface area contributed by atoms with Gasteiger partial charge in [-0.25, -0.2) is 4.99 Å². The van der Waals surface area contributed by atoms with Gasteiger partial charge in [0.1, 0.15) is 11.0 Å². The van der Waals surface area contributed by atoms with Crippen LogP contribution in [0.2, 0.25) is 5.02 Å². The quantitative estimate of drug-likeness (QED) is 0.529. The van der Waals surface area contributed by atoms with Gasteiger partial charge in [0.25, 0.3) is 5.69 Å². The number of thioether (sulfide) groups is 1. The number of carbonyl (C=O) groups excluding carboxylic acids is 2. The van der Waals surface area contributed by atoms with Gasteiger partial charge in [-0.15, -0.1) is 0 Å². The van der Waals surface area contributed by atoms with E-state index >= 15 is 0 Å². The normalized spacial score (nSPS) is 17.1. The van der Waals surface area contributed by atoms with Crippen molar-refractivity contribution in [3.8, 4) is 5.75 Å². The third kappa shape index (κ3) is 5.24. The van der Waals surface area contributed by atoms with Crippen LogP contribution in [0.25, 0.3) is 0 Å². The van der Waals surface area contributed by atoms with E-state index in [2.05, 4.69) is 15.6 Å². The average Bonchev–Trinajstić information content (AvgIpc) is 3.02. The van der Waals surface area contributed by atoms with Gasteiger partial charge in [-0.3, -0.25) is 19.7 Å². The Balaban J connectivity index is 1.67. The molecule has 0 bridgehead atoms. The number of nitro groups is 1. The molecule has 150 valence electrons. The fourth-order valence-corrected chi connectivity index (χ4v) is 3.62. The van der Waals surface area contributed by atoms with Gasteiger partial charge < -0.3 is 15.4 Å². The summed E-state index contributed by atoms with van der Waals surface area (Å²) >= 11 is 6.96. The summed E-state index contributed by atoms with van der Waals surface area (Å²) in [5.41, 5.74) is 0.584. The van der Waals surface area contributed by atoms with Crippen molar-refractivity contribution < 1.29 is 19.2 Å². The van der Waals surface area contributed by atoms with Crippen LogP contribution in [0.5, 0.6) is 5.75 Å². The van der Waals surface area contributed by atoms with Gasteiger partial charge in [0.15, 0.2) is 5.17 Å². The number of nitrogens with zero attached hydrogens (tertiary/aromatic N) is 2. The number of rotatable bonds is 6. The molecule has 0 radical (unpaired) electrons. The van der Waals surface area contributed by atoms with Gasteiger partial charge >= 0.3 is 0 Å². The van der Waals surface area contributed by atoms with Crippen molar-refractivity contribution in [3.63, 3.8) is 0 Å². The molecule has 1 fully saturated rings. The molecule has 9 nitrogen and oxygen atoms in total. The molecule has 2 amide bonds. The minimum atomic E-state index is -0.675. The minimum absolute atomic E-state index is 0.137. The molecule has 1 saturated heterocycles. The third-order valence-corrected chi connectivity index (χ3v) is 5.21. The summed E-state index contributed by atoms with van der Waals surface area (Å²) < 4.78 is 5.11. The maximum Gasteiger partial charge on any atom is 0.271 e. The zero-order chi connectivity index (χ0) is 21.0. The molecule has 3 rings (SSSR count). The Labute approximate surface area is 174 Å². The van der Waals surface area contributed by atoms with E-state index in [1.165, 1.54) is 25.3 Å². The van der Waals surface area contributed by atoms with E-state index in [0.717, 1.165) is 11.8 Å². The molecular weight excluding hydrogens is 420 g/mol. The van der Waals surface area contributed by atoms with E-state index in [4.69, 9.17) is 16.3 Å². The first kappa shape index (κ1) is 20.6. The van der Waals surface area contributed by atoms with Crippen LogP contribution in [0.4, 0.5) is 17.1 Å². The highest BCUT2D eigenvalue weighted by Gasteiger charge is 2.32. The first-order valence-corrected chi connectivity index (χ1v) is 9.55. The van der Waals surface area contributed by atoms with E-state index in [1.54, 1.807) is 24.3 Å². The Bertz CT molecular complexity index is 996. The maximum absolute atomic E-state index is 12.4. The Kier molecular flexibility index (Phi) is 6.35. The summed E-state index contributed by atoms with van der Waals surface area (Å²) in [7, 11) is 1.39. The van der Waals surface area contributed by atoms with Crippen molar-refractivity contribution in [1.29, 1.82) is 0 Å². The number of nitrogens with one attached hydrogen (secondary N) is 2. The fraction of sp³-hybridized carbons (Fsp3) is 0.167. The molecule has 1 aliphatic rings. The lowest BCUT2D eigenvalue weighted by atomic mass is 10.2. The van der Waals surface area contributed by atoms with Crippen LogP contribution in [0.3, 0.4) is 0 Å². The highest BCUT2D eigenvalue weighted by atomic mass is 35.5. The summed E-state index contributed by atoms with van der Waals surface area (Å²) in [5, 5.41) is 16.4. The zero-order valence-corrected chi connectivity index (χ0v) is 16.6. The second-order valence-electron chi connectivity index (χ2n) is 5.88. The number of halogens is 1. The van der Waals surface area contributed by atoms with Gasteiger partial charge in [-0.1, -0.05) is 23.4 Å². The second kappa shape index (κ2) is 8.93. The summed E-state index contributed by atoms with van der Waals surface area (Å²) in [4.78, 5) is 39.2. The van der Waals surface area contributed by atoms with E-state index in [-0.39, 0.29) is 29.5 Å². The molecule has 0 aromatic heterocycles. The van der Waals surface area contributed by atoms with Gasteiger partial charge in [-0.05, 0) is 30.3 Å². The SMILES string of the molecule is COc1ccc([N+](=O)[O-])cc1NC(=O)CC1SC(=Nc2ccc(Cl)cc2)NC1=O. The van der Waals surface area contributed by atoms with Crippen molar-refractivity contribution in [1.82, 2.24) is 5.32 Å². The number of methoxy groups -OCH3 is 1. The van der Waals surface area contributed by atoms with Gasteiger partial charge in [-0.2, -0.15) is 0 Å². The number of carbonyl (C=O) groups is 2. The third-order valence-electron chi connectivity index (χ3n) is 3.87. The van der Waals surface area contributed by atoms with Crippen LogP contribution in [0.15, 0.2) is 47.5 Å². The predicted molar refractivity (Wildman–Crippen MR) is 111 cm³/mol. The number of aliphatic imine (C=N–C) groups is 1. The maximum atomic E-state index is 12.4. The second-order valence-corrected chi connectivity index (χ2v) is 7.51. The minimum Gasteiger partial charge on any atom is -0.495 e. The number of hydrogen-bond donors (Lipinski definition) is 2. The Morgan fingerprint density at radius 1 is 1.34 bits per heavy atom. The Hall–Kier alpha value is -3.11. The van der Waals surface area contributed by atoms with Crippen molar-refractivity contribution in [2.75, 3.05) is 12.4 Å². The molecule has 0 spiro atoms. The van der Waals surface area contributed by atoms with E-state index < -0.39 is 16.1 Å². The molecule has 29 heavy (non-hydrogen) atoms. The summed E-state index contributed by atoms with van der Waals surface area (Å²) in [6.45, 7) is 0. The number of amidine groups is 1. The zero-order valence-electron chi connectivity index (χ0n) is 15.0. The van der Waals surface area contributed by atoms with Crippen molar-refractivity contribution in [3.05, 3.63) is 57.6 Å². The number of ether oxygens (including phenoxy) is 1. The van der Waals surface area contributed by atoms with Gasteiger partial charge in [0.05, 0.1) is 23.4 Å². The van der Waals surface area contributed by atoms with E-state index in [0.29, 0.717) is 15.9 Å². The molecule has 2 N–H and O–H groups in total. The number of benzene rings is 2. The number of nitro benzene ring substituents is 1. The lowest BCUT2D eigenvalue weighted by Crippen LogP contribution is -2.28. The summed E-state index contributed by atoms with van der Waals surface area (Å²) in [6, 6.07) is 10.6. The lowest BCUT2D eigenvalue weighted by molar-refractivity contribution is -0.384. The van der Waals surface area contributed by atoms with Crippen molar-refractivity contribution in [2.45, 2.75) is 11.7 Å². The smallest absolute Gasteiger partial charge is 0.271 e. The number of anilines is 1. The van der Waals surface area contributed by atoms with Gasteiger partial charge in [0.2, 0.25) is 11.8 Å². The molecule has 1 atom stereocenters. The Morgan fingerprint density at radius 3 is 2.72 bits per heavy atom. The van der Waals surface area contributed by atoms with E-state index in [1.807, 2.05) is 0 Å². The highest BCUT2D eigenvalue weighted by Crippen LogP contribution is 2.30. The molecular formula is C18H15ClN4O5S. The standard InChI is InChI=1S/C18H15ClN4O5S/c1-28-14-7-6-12(23(26)27)8-13(14)21-16(24)9-15-17(25)22-18(29-15)20-11-4-2-10(19)3-5-11/h2-8,15H,9H2,1H3,(H,21,24)(H,20,22,25). The van der Waals surface area contributed by atoms with Gasteiger partial charge in [0, 0.05) is 23.6 Å². The first-order chi connectivity index (χ1) is 13.9. The van der Waals surface area contributed by atoms with Crippen LogP contribution >= 0.6 is 23.4 Å². The number of hydrogen-bond acceptors (Lipinski definition) is 7. The molecule has 1 heterocycles. The van der Waals surface area contributed by atoms with Crippen LogP contribution in [-0.4, -0.2) is 34.3 Å². The lowest BCUT2D eigenvalue weighted by Gasteiger charge is -2.11. The van der Waals surface area contributed by atoms with Crippen molar-refractivity contribution in [2.24, 2.45) is 4.99 Å². The van der Waals surface area contributed by atoms with Crippen LogP contribution in [0, 0.1) is 10.1 Å². The largest absolute Gasteiger partial charge is 0.495 e. The number of amides is 2. The highest BCUT2D eigenvalue weighted by molar-refractivity contribution is 8.15. The molecule has 2 aromatic rings. The van der Waals surface area contributed by atoms with E-state index in [9.17, 15) is 19.7 Å². The average molecular weight is 435 g/mol. The Morgan fingerprint density at radius 2 is 2.07 bits per heavy atom. The topological polar surface area (TPSA) is 123 Å². The molecule has 1 aliphatic heterocycles. The molecule has 2 aromatic carbocycles. The monoisotopic (exact) mass is 434 g/mol. The fourth-order valence-electron chi connectivity index (χ4n) is 2.50. The molecule has 0 aliphatic carbocycles. The molecule has 0 saturated carbocycles. The molecule has 11 heteroatoms. The number of non-ortho nitro benzene ring substituents is 1. The van der Waals surface area contributed by atoms with Crippen LogP contribution in [-0.2, 0) is 9.59 Å². The first-order valence-electron chi connectivity index (χ1n) is 8.30. The summed E-state index contributed by atoms with van der Waals surface area (Å²) in [5.74, 6) is -0.550. The predicted octanol–water partition coefficient (Wildman–Crippen LogP) is 3.50. The summed E-state index contributed by atoms with van der Waals surface area (Å²) in [6.07, 6.45) is -0.137.